The first-order valence-electron chi connectivity index (χ1n) is 3.86. The monoisotopic (exact) mass is 245 g/mol. The minimum atomic E-state index is 0.647. The summed E-state index contributed by atoms with van der Waals surface area (Å²) >= 11 is 3.45. The van der Waals surface area contributed by atoms with E-state index in [4.69, 9.17) is 9.57 Å². The minimum absolute atomic E-state index is 0.647. The van der Waals surface area contributed by atoms with Gasteiger partial charge in [-0.15, -0.1) is 0 Å². The molecule has 1 rings (SSSR count). The van der Waals surface area contributed by atoms with Gasteiger partial charge in [0, 0.05) is 6.54 Å². The Morgan fingerprint density at radius 3 is 2.77 bits per heavy atom. The molecule has 1 aromatic carbocycles. The van der Waals surface area contributed by atoms with Gasteiger partial charge in [0.2, 0.25) is 0 Å². The van der Waals surface area contributed by atoms with Crippen LogP contribution in [0.2, 0.25) is 0 Å². The molecule has 0 aliphatic rings. The Morgan fingerprint density at radius 2 is 2.15 bits per heavy atom. The van der Waals surface area contributed by atoms with E-state index in [1.165, 1.54) is 0 Å². The Balaban J connectivity index is 2.81. The van der Waals surface area contributed by atoms with E-state index in [0.717, 1.165) is 15.8 Å². The summed E-state index contributed by atoms with van der Waals surface area (Å²) in [6, 6.07) is 5.84. The molecule has 0 atom stereocenters. The van der Waals surface area contributed by atoms with Gasteiger partial charge in [-0.05, 0) is 27.6 Å². The van der Waals surface area contributed by atoms with Crippen molar-refractivity contribution < 1.29 is 9.57 Å². The maximum absolute atomic E-state index is 5.15. The molecule has 13 heavy (non-hydrogen) atoms. The molecule has 1 aromatic rings. The van der Waals surface area contributed by atoms with E-state index in [0.29, 0.717) is 6.54 Å². The van der Waals surface area contributed by atoms with Gasteiger partial charge >= 0.3 is 0 Å². The smallest absolute Gasteiger partial charge is 0.133 e. The third-order valence-electron chi connectivity index (χ3n) is 1.67. The van der Waals surface area contributed by atoms with Crippen LogP contribution in [0.3, 0.4) is 0 Å². The van der Waals surface area contributed by atoms with Crippen molar-refractivity contribution in [2.45, 2.75) is 6.54 Å². The highest BCUT2D eigenvalue weighted by Crippen LogP contribution is 2.27. The molecule has 0 bridgehead atoms. The Hall–Kier alpha value is -0.580. The summed E-state index contributed by atoms with van der Waals surface area (Å²) in [5.74, 6) is 0.829. The van der Waals surface area contributed by atoms with Crippen LogP contribution in [0, 0.1) is 0 Å². The Kier molecular flexibility index (Phi) is 4.21. The van der Waals surface area contributed by atoms with Crippen molar-refractivity contribution >= 4 is 15.9 Å². The van der Waals surface area contributed by atoms with Gasteiger partial charge in [-0.3, -0.25) is 0 Å². The van der Waals surface area contributed by atoms with E-state index in [2.05, 4.69) is 21.4 Å². The summed E-state index contributed by atoms with van der Waals surface area (Å²) in [6.45, 7) is 0.647. The van der Waals surface area contributed by atoms with Crippen molar-refractivity contribution in [1.29, 1.82) is 0 Å². The SMILES string of the molecule is CONCc1cccc(OC)c1Br. The van der Waals surface area contributed by atoms with Crippen molar-refractivity contribution in [3.05, 3.63) is 28.2 Å². The van der Waals surface area contributed by atoms with Gasteiger partial charge in [0.25, 0.3) is 0 Å². The van der Waals surface area contributed by atoms with Crippen LogP contribution in [0.15, 0.2) is 22.7 Å². The lowest BCUT2D eigenvalue weighted by Crippen LogP contribution is -2.11. The van der Waals surface area contributed by atoms with Crippen LogP contribution in [0.25, 0.3) is 0 Å². The quantitative estimate of drug-likeness (QED) is 0.825. The van der Waals surface area contributed by atoms with Crippen LogP contribution in [0.4, 0.5) is 0 Å². The van der Waals surface area contributed by atoms with Crippen LogP contribution < -0.4 is 10.2 Å². The molecular weight excluding hydrogens is 234 g/mol. The van der Waals surface area contributed by atoms with Crippen molar-refractivity contribution in [2.75, 3.05) is 14.2 Å². The molecule has 0 fully saturated rings. The molecule has 0 saturated heterocycles. The van der Waals surface area contributed by atoms with E-state index < -0.39 is 0 Å². The predicted octanol–water partition coefficient (Wildman–Crippen LogP) is 2.11. The second-order valence-corrected chi connectivity index (χ2v) is 3.25. The van der Waals surface area contributed by atoms with E-state index in [1.807, 2.05) is 18.2 Å². The average molecular weight is 246 g/mol. The number of nitrogens with one attached hydrogen (secondary N) is 1. The molecule has 0 aromatic heterocycles. The lowest BCUT2D eigenvalue weighted by Gasteiger charge is -2.08. The molecule has 0 aliphatic carbocycles. The summed E-state index contributed by atoms with van der Waals surface area (Å²) < 4.78 is 6.11. The van der Waals surface area contributed by atoms with Gasteiger partial charge in [0.1, 0.15) is 5.75 Å². The second-order valence-electron chi connectivity index (χ2n) is 2.46. The first-order valence-corrected chi connectivity index (χ1v) is 4.66. The second kappa shape index (κ2) is 5.21. The zero-order valence-corrected chi connectivity index (χ0v) is 9.22. The molecule has 0 radical (unpaired) electrons. The average Bonchev–Trinajstić information content (AvgIpc) is 2.16. The van der Waals surface area contributed by atoms with Crippen molar-refractivity contribution in [1.82, 2.24) is 5.48 Å². The number of methoxy groups -OCH3 is 1. The highest BCUT2D eigenvalue weighted by atomic mass is 79.9. The maximum Gasteiger partial charge on any atom is 0.133 e. The highest BCUT2D eigenvalue weighted by molar-refractivity contribution is 9.10. The van der Waals surface area contributed by atoms with E-state index >= 15 is 0 Å². The van der Waals surface area contributed by atoms with Crippen molar-refractivity contribution in [2.24, 2.45) is 0 Å². The largest absolute Gasteiger partial charge is 0.496 e. The summed E-state index contributed by atoms with van der Waals surface area (Å²) in [7, 11) is 3.24. The fourth-order valence-corrected chi connectivity index (χ4v) is 1.57. The molecule has 4 heteroatoms. The lowest BCUT2D eigenvalue weighted by atomic mass is 10.2. The van der Waals surface area contributed by atoms with Crippen molar-refractivity contribution in [3.63, 3.8) is 0 Å². The molecule has 0 heterocycles. The van der Waals surface area contributed by atoms with Crippen LogP contribution in [-0.2, 0) is 11.4 Å². The van der Waals surface area contributed by atoms with Gasteiger partial charge in [-0.2, -0.15) is 5.48 Å². The van der Waals surface area contributed by atoms with Crippen LogP contribution in [0.1, 0.15) is 5.56 Å². The molecule has 0 saturated carbocycles. The van der Waals surface area contributed by atoms with E-state index in [-0.39, 0.29) is 0 Å². The zero-order chi connectivity index (χ0) is 9.68. The van der Waals surface area contributed by atoms with Gasteiger partial charge in [0.15, 0.2) is 0 Å². The fourth-order valence-electron chi connectivity index (χ4n) is 1.00. The highest BCUT2D eigenvalue weighted by Gasteiger charge is 2.04. The number of hydroxylamine groups is 1. The Morgan fingerprint density at radius 1 is 1.38 bits per heavy atom. The van der Waals surface area contributed by atoms with E-state index in [9.17, 15) is 0 Å². The number of ether oxygens (including phenoxy) is 1. The normalized spacial score (nSPS) is 10.1. The van der Waals surface area contributed by atoms with Crippen LogP contribution in [-0.4, -0.2) is 14.2 Å². The molecule has 0 unspecified atom stereocenters. The molecule has 0 amide bonds. The number of halogens is 1. The topological polar surface area (TPSA) is 30.5 Å². The Labute approximate surface area is 86.1 Å². The third-order valence-corrected chi connectivity index (χ3v) is 2.57. The molecule has 3 nitrogen and oxygen atoms in total. The zero-order valence-electron chi connectivity index (χ0n) is 7.63. The summed E-state index contributed by atoms with van der Waals surface area (Å²) in [6.07, 6.45) is 0. The number of hydrogen-bond donors (Lipinski definition) is 1. The molecule has 0 spiro atoms. The van der Waals surface area contributed by atoms with Gasteiger partial charge < -0.3 is 9.57 Å². The molecule has 1 N–H and O–H groups in total. The molecule has 72 valence electrons. The lowest BCUT2D eigenvalue weighted by molar-refractivity contribution is 0.0865. The standard InChI is InChI=1S/C9H12BrNO2/c1-12-8-5-3-4-7(9(8)10)6-11-13-2/h3-5,11H,6H2,1-2H3. The fraction of sp³-hybridized carbons (Fsp3) is 0.333. The van der Waals surface area contributed by atoms with Crippen molar-refractivity contribution in [3.8, 4) is 5.75 Å². The molecular formula is C9H12BrNO2. The van der Waals surface area contributed by atoms with Gasteiger partial charge in [-0.25, -0.2) is 0 Å². The molecule has 0 aliphatic heterocycles. The third kappa shape index (κ3) is 2.69. The van der Waals surface area contributed by atoms with Gasteiger partial charge in [-0.1, -0.05) is 12.1 Å². The summed E-state index contributed by atoms with van der Waals surface area (Å²) in [5.41, 5.74) is 3.87. The van der Waals surface area contributed by atoms with Crippen LogP contribution >= 0.6 is 15.9 Å². The number of rotatable bonds is 4. The predicted molar refractivity (Wildman–Crippen MR) is 54.5 cm³/mol. The van der Waals surface area contributed by atoms with E-state index in [1.54, 1.807) is 14.2 Å². The summed E-state index contributed by atoms with van der Waals surface area (Å²) in [4.78, 5) is 4.76. The first-order chi connectivity index (χ1) is 6.29. The number of benzene rings is 1. The van der Waals surface area contributed by atoms with Gasteiger partial charge in [0.05, 0.1) is 18.7 Å². The number of hydrogen-bond acceptors (Lipinski definition) is 3. The summed E-state index contributed by atoms with van der Waals surface area (Å²) in [5, 5.41) is 0. The Bertz CT molecular complexity index is 278. The first kappa shape index (κ1) is 10.5. The maximum atomic E-state index is 5.15. The minimum Gasteiger partial charge on any atom is -0.496 e. The van der Waals surface area contributed by atoms with Crippen LogP contribution in [0.5, 0.6) is 5.75 Å².